The monoisotopic (exact) mass is 400 g/mol. The van der Waals surface area contributed by atoms with Gasteiger partial charge in [-0.15, -0.1) is 23.0 Å². The third-order valence-electron chi connectivity index (χ3n) is 3.82. The predicted octanol–water partition coefficient (Wildman–Crippen LogP) is 3.64. The molecular weight excluding hydrogens is 380 g/mol. The maximum absolute atomic E-state index is 12.2. The molecule has 2 aromatic heterocycles. The minimum absolute atomic E-state index is 0.147. The molecule has 1 amide bonds. The van der Waals surface area contributed by atoms with Gasteiger partial charge in [0.25, 0.3) is 0 Å². The molecule has 0 unspecified atom stereocenters. The average molecular weight is 401 g/mol. The van der Waals surface area contributed by atoms with E-state index < -0.39 is 0 Å². The van der Waals surface area contributed by atoms with Crippen LogP contribution >= 0.6 is 23.1 Å². The molecule has 0 fully saturated rings. The molecule has 0 bridgehead atoms. The number of hydrogen-bond donors (Lipinski definition) is 1. The molecule has 1 N–H and O–H groups in total. The summed E-state index contributed by atoms with van der Waals surface area (Å²) in [4.78, 5) is 16.8. The second-order valence-electron chi connectivity index (χ2n) is 6.08. The van der Waals surface area contributed by atoms with Crippen LogP contribution in [0.15, 0.2) is 35.3 Å². The highest BCUT2D eigenvalue weighted by atomic mass is 32.2. The lowest BCUT2D eigenvalue weighted by atomic mass is 9.98. The van der Waals surface area contributed by atoms with Gasteiger partial charge in [-0.1, -0.05) is 35.5 Å². The number of hydrogen-bond acceptors (Lipinski definition) is 7. The first-order chi connectivity index (χ1) is 13.0. The number of carbonyl (C=O) groups excluding carboxylic acids is 1. The summed E-state index contributed by atoms with van der Waals surface area (Å²) < 4.78 is 1.59. The molecule has 3 rings (SSSR count). The Kier molecular flexibility index (Phi) is 6.02. The SMILES string of the molecule is C=CCn1nnnc1SCC(=O)Nc1nc(-c2c(C)cc(C)cc2C)cs1. The highest BCUT2D eigenvalue weighted by molar-refractivity contribution is 7.99. The Balaban J connectivity index is 1.65. The van der Waals surface area contributed by atoms with Crippen molar-refractivity contribution in [3.63, 3.8) is 0 Å². The summed E-state index contributed by atoms with van der Waals surface area (Å²) in [6.07, 6.45) is 1.70. The van der Waals surface area contributed by atoms with Gasteiger partial charge in [0.15, 0.2) is 5.13 Å². The zero-order valence-corrected chi connectivity index (χ0v) is 17.0. The Bertz CT molecular complexity index is 955. The van der Waals surface area contributed by atoms with Crippen LogP contribution in [0.2, 0.25) is 0 Å². The summed E-state index contributed by atoms with van der Waals surface area (Å²) in [6, 6.07) is 4.29. The number of tetrazole rings is 1. The number of thioether (sulfide) groups is 1. The number of aromatic nitrogens is 5. The maximum Gasteiger partial charge on any atom is 0.236 e. The first-order valence-electron chi connectivity index (χ1n) is 8.31. The highest BCUT2D eigenvalue weighted by Crippen LogP contribution is 2.31. The largest absolute Gasteiger partial charge is 0.301 e. The van der Waals surface area contributed by atoms with Gasteiger partial charge in [0, 0.05) is 10.9 Å². The predicted molar refractivity (Wildman–Crippen MR) is 109 cm³/mol. The van der Waals surface area contributed by atoms with E-state index in [9.17, 15) is 4.79 Å². The van der Waals surface area contributed by atoms with Gasteiger partial charge in [-0.3, -0.25) is 4.79 Å². The topological polar surface area (TPSA) is 85.6 Å². The molecule has 0 aliphatic heterocycles. The Morgan fingerprint density at radius 1 is 1.33 bits per heavy atom. The number of rotatable bonds is 7. The molecule has 0 aliphatic carbocycles. The standard InChI is InChI=1S/C18H20N6OS2/c1-5-6-24-18(21-22-23-24)27-10-15(25)20-17-19-14(9-26-17)16-12(3)7-11(2)8-13(16)4/h5,7-9H,1,6,10H2,2-4H3,(H,19,20,25). The zero-order chi connectivity index (χ0) is 19.4. The molecule has 3 aromatic rings. The molecule has 140 valence electrons. The van der Waals surface area contributed by atoms with Gasteiger partial charge in [0.2, 0.25) is 11.1 Å². The van der Waals surface area contributed by atoms with Gasteiger partial charge in [-0.25, -0.2) is 9.67 Å². The molecule has 7 nitrogen and oxygen atoms in total. The number of benzene rings is 1. The summed E-state index contributed by atoms with van der Waals surface area (Å²) in [7, 11) is 0. The zero-order valence-electron chi connectivity index (χ0n) is 15.4. The second kappa shape index (κ2) is 8.45. The van der Waals surface area contributed by atoms with E-state index in [1.807, 2.05) is 5.38 Å². The first kappa shape index (κ1) is 19.2. The van der Waals surface area contributed by atoms with Crippen molar-refractivity contribution in [2.24, 2.45) is 0 Å². The van der Waals surface area contributed by atoms with E-state index in [1.54, 1.807) is 10.8 Å². The van der Waals surface area contributed by atoms with Crippen LogP contribution in [0.4, 0.5) is 5.13 Å². The van der Waals surface area contributed by atoms with Crippen molar-refractivity contribution in [1.29, 1.82) is 0 Å². The van der Waals surface area contributed by atoms with Crippen molar-refractivity contribution in [3.05, 3.63) is 46.9 Å². The normalized spacial score (nSPS) is 10.8. The third kappa shape index (κ3) is 4.61. The summed E-state index contributed by atoms with van der Waals surface area (Å²) in [5, 5.41) is 17.4. The Labute approximate surface area is 165 Å². The summed E-state index contributed by atoms with van der Waals surface area (Å²) in [5.41, 5.74) is 5.59. The molecular formula is C18H20N6OS2. The number of nitrogens with zero attached hydrogens (tertiary/aromatic N) is 5. The molecule has 0 spiro atoms. The summed E-state index contributed by atoms with van der Waals surface area (Å²) in [6.45, 7) is 10.4. The number of amides is 1. The molecule has 0 saturated heterocycles. The number of aryl methyl sites for hydroxylation is 3. The molecule has 0 radical (unpaired) electrons. The van der Waals surface area contributed by atoms with Crippen LogP contribution in [0.25, 0.3) is 11.3 Å². The lowest BCUT2D eigenvalue weighted by Gasteiger charge is -2.08. The van der Waals surface area contributed by atoms with Crippen LogP contribution in [-0.2, 0) is 11.3 Å². The molecule has 0 aliphatic rings. The smallest absolute Gasteiger partial charge is 0.236 e. The minimum atomic E-state index is -0.147. The van der Waals surface area contributed by atoms with E-state index in [4.69, 9.17) is 0 Å². The van der Waals surface area contributed by atoms with E-state index in [0.717, 1.165) is 11.3 Å². The van der Waals surface area contributed by atoms with Crippen molar-refractivity contribution >= 4 is 34.1 Å². The van der Waals surface area contributed by atoms with Gasteiger partial charge in [0.05, 0.1) is 18.0 Å². The number of thiazole rings is 1. The lowest BCUT2D eigenvalue weighted by molar-refractivity contribution is -0.113. The van der Waals surface area contributed by atoms with Crippen LogP contribution in [0.1, 0.15) is 16.7 Å². The number of carbonyl (C=O) groups is 1. The molecule has 0 saturated carbocycles. The fraction of sp³-hybridized carbons (Fsp3) is 0.278. The lowest BCUT2D eigenvalue weighted by Crippen LogP contribution is -2.14. The second-order valence-corrected chi connectivity index (χ2v) is 7.88. The van der Waals surface area contributed by atoms with Crippen molar-refractivity contribution < 1.29 is 4.79 Å². The van der Waals surface area contributed by atoms with Crippen molar-refractivity contribution in [2.75, 3.05) is 11.1 Å². The van der Waals surface area contributed by atoms with E-state index in [-0.39, 0.29) is 11.7 Å². The van der Waals surface area contributed by atoms with Crippen LogP contribution in [0.5, 0.6) is 0 Å². The van der Waals surface area contributed by atoms with Crippen molar-refractivity contribution in [3.8, 4) is 11.3 Å². The fourth-order valence-corrected chi connectivity index (χ4v) is 4.26. The Hall–Kier alpha value is -2.52. The number of allylic oxidation sites excluding steroid dienone is 1. The third-order valence-corrected chi connectivity index (χ3v) is 5.53. The van der Waals surface area contributed by atoms with Crippen LogP contribution in [0, 0.1) is 20.8 Å². The van der Waals surface area contributed by atoms with Crippen molar-refractivity contribution in [1.82, 2.24) is 25.2 Å². The van der Waals surface area contributed by atoms with E-state index >= 15 is 0 Å². The molecule has 1 aromatic carbocycles. The molecule has 0 atom stereocenters. The van der Waals surface area contributed by atoms with Gasteiger partial charge >= 0.3 is 0 Å². The van der Waals surface area contributed by atoms with Crippen molar-refractivity contribution in [2.45, 2.75) is 32.5 Å². The number of anilines is 1. The number of nitrogens with one attached hydrogen (secondary N) is 1. The first-order valence-corrected chi connectivity index (χ1v) is 10.2. The average Bonchev–Trinajstić information content (AvgIpc) is 3.22. The van der Waals surface area contributed by atoms with Gasteiger partial charge in [-0.2, -0.15) is 0 Å². The molecule has 2 heterocycles. The minimum Gasteiger partial charge on any atom is -0.301 e. The van der Waals surface area contributed by atoms with E-state index in [2.05, 4.69) is 65.3 Å². The fourth-order valence-electron chi connectivity index (χ4n) is 2.85. The van der Waals surface area contributed by atoms with Gasteiger partial charge in [0.1, 0.15) is 0 Å². The maximum atomic E-state index is 12.2. The van der Waals surface area contributed by atoms with Crippen LogP contribution < -0.4 is 5.32 Å². The molecule has 9 heteroatoms. The molecule has 27 heavy (non-hydrogen) atoms. The van der Waals surface area contributed by atoms with E-state index in [1.165, 1.54) is 39.8 Å². The quantitative estimate of drug-likeness (QED) is 0.481. The Morgan fingerprint density at radius 2 is 2.07 bits per heavy atom. The summed E-state index contributed by atoms with van der Waals surface area (Å²) in [5.74, 6) is 0.0565. The van der Waals surface area contributed by atoms with Gasteiger partial charge < -0.3 is 5.32 Å². The van der Waals surface area contributed by atoms with Gasteiger partial charge in [-0.05, 0) is 42.3 Å². The van der Waals surface area contributed by atoms with Crippen LogP contribution in [-0.4, -0.2) is 36.9 Å². The highest BCUT2D eigenvalue weighted by Gasteiger charge is 2.14. The van der Waals surface area contributed by atoms with E-state index in [0.29, 0.717) is 16.8 Å². The van der Waals surface area contributed by atoms with Crippen LogP contribution in [0.3, 0.4) is 0 Å². The summed E-state index contributed by atoms with van der Waals surface area (Å²) >= 11 is 2.69. The Morgan fingerprint density at radius 3 is 2.78 bits per heavy atom.